The van der Waals surface area contributed by atoms with Gasteiger partial charge >= 0.3 is 0 Å². The summed E-state index contributed by atoms with van der Waals surface area (Å²) in [6.45, 7) is 6.33. The molecule has 6 nitrogen and oxygen atoms in total. The summed E-state index contributed by atoms with van der Waals surface area (Å²) in [5.74, 6) is 0.420. The van der Waals surface area contributed by atoms with E-state index in [0.29, 0.717) is 57.5 Å². The summed E-state index contributed by atoms with van der Waals surface area (Å²) < 4.78 is 19.9. The molecule has 8 heteroatoms. The average molecular weight is 542 g/mol. The molecule has 1 atom stereocenters. The van der Waals surface area contributed by atoms with Crippen molar-refractivity contribution in [2.24, 2.45) is 4.99 Å². The molecule has 3 N–H and O–H groups in total. The van der Waals surface area contributed by atoms with Crippen LogP contribution in [0.5, 0.6) is 0 Å². The van der Waals surface area contributed by atoms with Crippen LogP contribution in [0.2, 0.25) is 0 Å². The average Bonchev–Trinajstić information content (AvgIpc) is 2.78. The zero-order valence-corrected chi connectivity index (χ0v) is 20.2. The number of nitrogens with one attached hydrogen (secondary N) is 2. The Bertz CT molecular complexity index is 816. The van der Waals surface area contributed by atoms with Gasteiger partial charge in [-0.15, -0.1) is 24.0 Å². The molecule has 2 aromatic rings. The maximum atomic E-state index is 14.6. The zero-order chi connectivity index (χ0) is 21.2. The van der Waals surface area contributed by atoms with E-state index in [0.717, 1.165) is 17.7 Å². The number of morpholine rings is 1. The Morgan fingerprint density at radius 1 is 1.16 bits per heavy atom. The molecule has 1 fully saturated rings. The van der Waals surface area contributed by atoms with Crippen molar-refractivity contribution in [1.29, 1.82) is 0 Å². The van der Waals surface area contributed by atoms with Crippen molar-refractivity contribution >= 4 is 35.6 Å². The van der Waals surface area contributed by atoms with E-state index in [2.05, 4.69) is 15.6 Å². The minimum Gasteiger partial charge on any atom is -0.388 e. The summed E-state index contributed by atoms with van der Waals surface area (Å²) >= 11 is 0. The second-order valence-electron chi connectivity index (χ2n) is 7.22. The third kappa shape index (κ3) is 7.93. The number of halogens is 2. The summed E-state index contributed by atoms with van der Waals surface area (Å²) in [6.07, 6.45) is 0.0421. The quantitative estimate of drug-likeness (QED) is 0.271. The number of aliphatic hydroxyl groups excluding tert-OH is 1. The van der Waals surface area contributed by atoms with E-state index in [4.69, 9.17) is 4.74 Å². The summed E-state index contributed by atoms with van der Waals surface area (Å²) in [5.41, 5.74) is 2.33. The normalized spacial score (nSPS) is 15.2. The van der Waals surface area contributed by atoms with Gasteiger partial charge in [0.05, 0.1) is 31.5 Å². The number of benzene rings is 2. The van der Waals surface area contributed by atoms with E-state index in [1.165, 1.54) is 0 Å². The highest BCUT2D eigenvalue weighted by atomic mass is 127. The van der Waals surface area contributed by atoms with E-state index in [1.807, 2.05) is 54.3 Å². The summed E-state index contributed by atoms with van der Waals surface area (Å²) in [6, 6.07) is 14.9. The molecule has 1 aliphatic rings. The van der Waals surface area contributed by atoms with Crippen molar-refractivity contribution in [2.45, 2.75) is 26.0 Å². The van der Waals surface area contributed by atoms with Crippen LogP contribution in [-0.4, -0.2) is 50.5 Å². The lowest BCUT2D eigenvalue weighted by Crippen LogP contribution is -2.38. The highest BCUT2D eigenvalue weighted by molar-refractivity contribution is 14.0. The number of guanidine groups is 1. The van der Waals surface area contributed by atoms with Crippen LogP contribution in [0.15, 0.2) is 53.5 Å². The van der Waals surface area contributed by atoms with Crippen molar-refractivity contribution in [3.63, 3.8) is 0 Å². The molecule has 0 spiro atoms. The fourth-order valence-electron chi connectivity index (χ4n) is 3.39. The van der Waals surface area contributed by atoms with Crippen molar-refractivity contribution < 1.29 is 14.2 Å². The molecule has 170 valence electrons. The molecule has 0 saturated carbocycles. The van der Waals surface area contributed by atoms with Gasteiger partial charge in [-0.25, -0.2) is 9.38 Å². The predicted molar refractivity (Wildman–Crippen MR) is 134 cm³/mol. The largest absolute Gasteiger partial charge is 0.388 e. The van der Waals surface area contributed by atoms with Gasteiger partial charge < -0.3 is 25.4 Å². The number of hydrogen-bond donors (Lipinski definition) is 3. The summed E-state index contributed by atoms with van der Waals surface area (Å²) in [7, 11) is 0. The number of nitrogens with zero attached hydrogens (tertiary/aromatic N) is 2. The van der Waals surface area contributed by atoms with Crippen molar-refractivity contribution in [3.05, 3.63) is 65.5 Å². The molecule has 31 heavy (non-hydrogen) atoms. The maximum absolute atomic E-state index is 14.6. The Morgan fingerprint density at radius 2 is 1.90 bits per heavy atom. The molecule has 1 heterocycles. The van der Waals surface area contributed by atoms with Crippen molar-refractivity contribution in [2.75, 3.05) is 44.3 Å². The summed E-state index contributed by atoms with van der Waals surface area (Å²) in [5, 5.41) is 16.7. The molecular formula is C23H32FIN4O2. The standard InChI is InChI=1S/C23H31FN4O2.HI/c1-2-25-23(26-11-10-22(29)19-6-4-3-5-7-19)27-17-18-8-9-21(20(24)16-18)28-12-14-30-15-13-28;/h3-9,16,22,29H,2,10-15,17H2,1H3,(H2,25,26,27);1H. The van der Waals surface area contributed by atoms with Crippen LogP contribution in [-0.2, 0) is 11.3 Å². The number of rotatable bonds is 8. The minimum absolute atomic E-state index is 0. The molecule has 0 aliphatic carbocycles. The number of ether oxygens (including phenoxy) is 1. The lowest BCUT2D eigenvalue weighted by molar-refractivity contribution is 0.122. The van der Waals surface area contributed by atoms with Gasteiger partial charge in [0.25, 0.3) is 0 Å². The van der Waals surface area contributed by atoms with E-state index >= 15 is 0 Å². The van der Waals surface area contributed by atoms with Crippen LogP contribution in [0.3, 0.4) is 0 Å². The first kappa shape index (κ1) is 25.4. The maximum Gasteiger partial charge on any atom is 0.191 e. The number of anilines is 1. The van der Waals surface area contributed by atoms with Crippen LogP contribution in [0, 0.1) is 5.82 Å². The van der Waals surface area contributed by atoms with Gasteiger partial charge in [-0.05, 0) is 36.6 Å². The second-order valence-corrected chi connectivity index (χ2v) is 7.22. The van der Waals surface area contributed by atoms with Gasteiger partial charge in [-0.2, -0.15) is 0 Å². The number of aliphatic imine (C=N–C) groups is 1. The van der Waals surface area contributed by atoms with Crippen LogP contribution >= 0.6 is 24.0 Å². The summed E-state index contributed by atoms with van der Waals surface area (Å²) in [4.78, 5) is 6.56. The Hall–Kier alpha value is -1.91. The molecule has 1 saturated heterocycles. The molecule has 1 unspecified atom stereocenters. The predicted octanol–water partition coefficient (Wildman–Crippen LogP) is 3.46. The lowest BCUT2D eigenvalue weighted by Gasteiger charge is -2.29. The molecule has 3 rings (SSSR count). The lowest BCUT2D eigenvalue weighted by atomic mass is 10.1. The highest BCUT2D eigenvalue weighted by Crippen LogP contribution is 2.22. The first-order valence-electron chi connectivity index (χ1n) is 10.5. The first-order valence-corrected chi connectivity index (χ1v) is 10.5. The molecule has 0 radical (unpaired) electrons. The van der Waals surface area contributed by atoms with Crippen molar-refractivity contribution in [3.8, 4) is 0 Å². The smallest absolute Gasteiger partial charge is 0.191 e. The third-order valence-corrected chi connectivity index (χ3v) is 5.02. The van der Waals surface area contributed by atoms with Gasteiger partial charge in [-0.1, -0.05) is 36.4 Å². The minimum atomic E-state index is -0.525. The Kier molecular flexibility index (Phi) is 11.0. The van der Waals surface area contributed by atoms with Crippen LogP contribution in [0.25, 0.3) is 0 Å². The van der Waals surface area contributed by atoms with Gasteiger partial charge in [0.15, 0.2) is 5.96 Å². The second kappa shape index (κ2) is 13.5. The molecule has 0 bridgehead atoms. The van der Waals surface area contributed by atoms with Crippen molar-refractivity contribution in [1.82, 2.24) is 10.6 Å². The Labute approximate surface area is 200 Å². The zero-order valence-electron chi connectivity index (χ0n) is 17.9. The number of aliphatic hydroxyl groups is 1. The van der Waals surface area contributed by atoms with E-state index in [-0.39, 0.29) is 29.8 Å². The number of hydrogen-bond acceptors (Lipinski definition) is 4. The highest BCUT2D eigenvalue weighted by Gasteiger charge is 2.15. The van der Waals surface area contributed by atoms with Crippen LogP contribution in [0.1, 0.15) is 30.6 Å². The monoisotopic (exact) mass is 542 g/mol. The fourth-order valence-corrected chi connectivity index (χ4v) is 3.39. The SMILES string of the molecule is CCNC(=NCc1ccc(N2CCOCC2)c(F)c1)NCCC(O)c1ccccc1.I. The van der Waals surface area contributed by atoms with E-state index in [9.17, 15) is 9.50 Å². The Morgan fingerprint density at radius 3 is 2.58 bits per heavy atom. The molecule has 1 aliphatic heterocycles. The topological polar surface area (TPSA) is 69.1 Å². The molecule has 0 aromatic heterocycles. The third-order valence-electron chi connectivity index (χ3n) is 5.02. The molecule has 2 aromatic carbocycles. The molecule has 0 amide bonds. The van der Waals surface area contributed by atoms with Gasteiger partial charge in [-0.3, -0.25) is 0 Å². The van der Waals surface area contributed by atoms with Gasteiger partial charge in [0, 0.05) is 26.2 Å². The Balaban J connectivity index is 0.00000341. The molecular weight excluding hydrogens is 510 g/mol. The fraction of sp³-hybridized carbons (Fsp3) is 0.435. The van der Waals surface area contributed by atoms with E-state index < -0.39 is 6.10 Å². The van der Waals surface area contributed by atoms with Gasteiger partial charge in [0.1, 0.15) is 5.82 Å². The van der Waals surface area contributed by atoms with Crippen LogP contribution in [0.4, 0.5) is 10.1 Å². The van der Waals surface area contributed by atoms with E-state index in [1.54, 1.807) is 6.07 Å². The first-order chi connectivity index (χ1) is 14.7. The van der Waals surface area contributed by atoms with Gasteiger partial charge in [0.2, 0.25) is 0 Å². The van der Waals surface area contributed by atoms with Crippen LogP contribution < -0.4 is 15.5 Å².